The molecule has 8 heteroatoms. The number of amides is 2. The lowest BCUT2D eigenvalue weighted by Gasteiger charge is -2.17. The summed E-state index contributed by atoms with van der Waals surface area (Å²) in [6.07, 6.45) is 0.467. The molecule has 1 saturated heterocycles. The number of ether oxygens (including phenoxy) is 1. The van der Waals surface area contributed by atoms with E-state index >= 15 is 0 Å². The number of urea groups is 1. The quantitative estimate of drug-likeness (QED) is 0.830. The van der Waals surface area contributed by atoms with Gasteiger partial charge in [-0.15, -0.1) is 0 Å². The van der Waals surface area contributed by atoms with Gasteiger partial charge in [0, 0.05) is 13.1 Å². The first-order chi connectivity index (χ1) is 10.5. The minimum absolute atomic E-state index is 0.145. The fourth-order valence-corrected chi connectivity index (χ4v) is 4.10. The van der Waals surface area contributed by atoms with E-state index in [1.165, 1.54) is 6.07 Å². The summed E-state index contributed by atoms with van der Waals surface area (Å²) in [5, 5.41) is 2.79. The fourth-order valence-electron chi connectivity index (χ4n) is 2.71. The highest BCUT2D eigenvalue weighted by Crippen LogP contribution is 2.30. The van der Waals surface area contributed by atoms with Gasteiger partial charge in [-0.3, -0.25) is 0 Å². The minimum Gasteiger partial charge on any atom is -0.485 e. The summed E-state index contributed by atoms with van der Waals surface area (Å²) in [7, 11) is -3.63. The third kappa shape index (κ3) is 2.76. The van der Waals surface area contributed by atoms with E-state index in [-0.39, 0.29) is 17.0 Å². The lowest BCUT2D eigenvalue weighted by molar-refractivity contribution is 0.179. The number of hydrogen-bond donors (Lipinski definition) is 2. The van der Waals surface area contributed by atoms with Gasteiger partial charge in [-0.25, -0.2) is 17.9 Å². The predicted molar refractivity (Wildman–Crippen MR) is 80.2 cm³/mol. The number of carbonyl (C=O) groups is 1. The van der Waals surface area contributed by atoms with Crippen molar-refractivity contribution in [1.82, 2.24) is 14.9 Å². The Morgan fingerprint density at radius 2 is 2.18 bits per heavy atom. The van der Waals surface area contributed by atoms with Crippen LogP contribution in [-0.4, -0.2) is 51.1 Å². The zero-order valence-electron chi connectivity index (χ0n) is 12.3. The first-order valence-corrected chi connectivity index (χ1v) is 8.80. The van der Waals surface area contributed by atoms with Gasteiger partial charge in [0.1, 0.15) is 16.7 Å². The predicted octanol–water partition coefficient (Wildman–Crippen LogP) is 0.530. The van der Waals surface area contributed by atoms with Gasteiger partial charge in [0.05, 0.1) is 12.6 Å². The summed E-state index contributed by atoms with van der Waals surface area (Å²) in [4.78, 5) is 13.8. The average Bonchev–Trinajstić information content (AvgIpc) is 2.83. The molecular weight excluding hydrogens is 306 g/mol. The van der Waals surface area contributed by atoms with Crippen LogP contribution < -0.4 is 14.8 Å². The highest BCUT2D eigenvalue weighted by atomic mass is 32.2. The fraction of sp³-hybridized carbons (Fsp3) is 0.500. The molecule has 2 heterocycles. The first-order valence-electron chi connectivity index (χ1n) is 7.32. The molecule has 2 aliphatic rings. The zero-order chi connectivity index (χ0) is 15.7. The second kappa shape index (κ2) is 5.77. The molecule has 0 bridgehead atoms. The van der Waals surface area contributed by atoms with E-state index in [1.54, 1.807) is 23.1 Å². The molecule has 2 unspecified atom stereocenters. The summed E-state index contributed by atoms with van der Waals surface area (Å²) in [6, 6.07) is 5.92. The van der Waals surface area contributed by atoms with Gasteiger partial charge < -0.3 is 15.0 Å². The van der Waals surface area contributed by atoms with Crippen molar-refractivity contribution < 1.29 is 17.9 Å². The van der Waals surface area contributed by atoms with E-state index < -0.39 is 16.1 Å². The molecule has 1 fully saturated rings. The van der Waals surface area contributed by atoms with Crippen LogP contribution in [0.25, 0.3) is 0 Å². The maximum absolute atomic E-state index is 12.4. The SMILES string of the molecule is CCCNC(=O)N1CC2NS(=O)(=O)c3ccccc3OC2C1. The number of likely N-dealkylation sites (tertiary alicyclic amines) is 1. The van der Waals surface area contributed by atoms with E-state index in [9.17, 15) is 13.2 Å². The van der Waals surface area contributed by atoms with Gasteiger partial charge in [0.2, 0.25) is 10.0 Å². The standard InChI is InChI=1S/C14H19N3O4S/c1-2-7-15-14(18)17-8-10-12(9-17)21-11-5-3-4-6-13(11)22(19,20)16-10/h3-6,10,12,16H,2,7-9H2,1H3,(H,15,18). The number of fused-ring (bicyclic) bond motifs is 2. The second-order valence-electron chi connectivity index (χ2n) is 5.47. The van der Waals surface area contributed by atoms with Crippen molar-refractivity contribution in [2.75, 3.05) is 19.6 Å². The minimum atomic E-state index is -3.63. The van der Waals surface area contributed by atoms with E-state index in [0.717, 1.165) is 6.42 Å². The lowest BCUT2D eigenvalue weighted by atomic mass is 10.2. The van der Waals surface area contributed by atoms with E-state index in [1.807, 2.05) is 6.92 Å². The van der Waals surface area contributed by atoms with Gasteiger partial charge in [-0.05, 0) is 18.6 Å². The Balaban J connectivity index is 1.81. The topological polar surface area (TPSA) is 87.7 Å². The van der Waals surface area contributed by atoms with Crippen LogP contribution >= 0.6 is 0 Å². The molecule has 1 aromatic carbocycles. The van der Waals surface area contributed by atoms with Gasteiger partial charge in [0.15, 0.2) is 0 Å². The van der Waals surface area contributed by atoms with Gasteiger partial charge in [-0.1, -0.05) is 19.1 Å². The van der Waals surface area contributed by atoms with Crippen molar-refractivity contribution in [3.05, 3.63) is 24.3 Å². The highest BCUT2D eigenvalue weighted by Gasteiger charge is 2.42. The van der Waals surface area contributed by atoms with Gasteiger partial charge in [-0.2, -0.15) is 0 Å². The van der Waals surface area contributed by atoms with Gasteiger partial charge in [0.25, 0.3) is 0 Å². The van der Waals surface area contributed by atoms with E-state index in [2.05, 4.69) is 10.0 Å². The number of nitrogens with one attached hydrogen (secondary N) is 2. The Bertz CT molecular complexity index is 676. The number of para-hydroxylation sites is 1. The maximum Gasteiger partial charge on any atom is 0.317 e. The van der Waals surface area contributed by atoms with Crippen molar-refractivity contribution in [3.63, 3.8) is 0 Å². The Morgan fingerprint density at radius 1 is 1.41 bits per heavy atom. The van der Waals surface area contributed by atoms with Crippen molar-refractivity contribution in [1.29, 1.82) is 0 Å². The summed E-state index contributed by atoms with van der Waals surface area (Å²) in [5.41, 5.74) is 0. The van der Waals surface area contributed by atoms with Crippen LogP contribution in [0.5, 0.6) is 5.75 Å². The molecular formula is C14H19N3O4S. The van der Waals surface area contributed by atoms with Crippen LogP contribution in [0.2, 0.25) is 0 Å². The van der Waals surface area contributed by atoms with Crippen LogP contribution in [0.15, 0.2) is 29.2 Å². The van der Waals surface area contributed by atoms with Crippen molar-refractivity contribution in [3.8, 4) is 5.75 Å². The van der Waals surface area contributed by atoms with Crippen LogP contribution in [0.3, 0.4) is 0 Å². The normalized spacial score (nSPS) is 25.6. The Hall–Kier alpha value is -1.80. The smallest absolute Gasteiger partial charge is 0.317 e. The molecule has 2 N–H and O–H groups in total. The Morgan fingerprint density at radius 3 is 2.95 bits per heavy atom. The number of nitrogens with zero attached hydrogens (tertiary/aromatic N) is 1. The van der Waals surface area contributed by atoms with Crippen LogP contribution in [0.4, 0.5) is 4.79 Å². The highest BCUT2D eigenvalue weighted by molar-refractivity contribution is 7.89. The molecule has 7 nitrogen and oxygen atoms in total. The summed E-state index contributed by atoms with van der Waals surface area (Å²) < 4.78 is 33.2. The molecule has 0 radical (unpaired) electrons. The van der Waals surface area contributed by atoms with Crippen LogP contribution in [-0.2, 0) is 10.0 Å². The molecule has 120 valence electrons. The van der Waals surface area contributed by atoms with Crippen LogP contribution in [0.1, 0.15) is 13.3 Å². The molecule has 2 amide bonds. The van der Waals surface area contributed by atoms with Crippen molar-refractivity contribution >= 4 is 16.1 Å². The summed E-state index contributed by atoms with van der Waals surface area (Å²) >= 11 is 0. The monoisotopic (exact) mass is 325 g/mol. The second-order valence-corrected chi connectivity index (χ2v) is 7.15. The molecule has 3 rings (SSSR count). The third-order valence-corrected chi connectivity index (χ3v) is 5.33. The van der Waals surface area contributed by atoms with Crippen molar-refractivity contribution in [2.45, 2.75) is 30.4 Å². The number of hydrogen-bond acceptors (Lipinski definition) is 4. The molecule has 0 saturated carbocycles. The number of benzene rings is 1. The van der Waals surface area contributed by atoms with E-state index in [0.29, 0.717) is 25.4 Å². The molecule has 2 aliphatic heterocycles. The van der Waals surface area contributed by atoms with Crippen molar-refractivity contribution in [2.24, 2.45) is 0 Å². The number of carbonyl (C=O) groups excluding carboxylic acids is 1. The Labute approximate surface area is 129 Å². The number of rotatable bonds is 2. The molecule has 0 spiro atoms. The van der Waals surface area contributed by atoms with E-state index in [4.69, 9.17) is 4.74 Å². The molecule has 0 aromatic heterocycles. The maximum atomic E-state index is 12.4. The third-order valence-electron chi connectivity index (χ3n) is 3.80. The molecule has 1 aromatic rings. The molecule has 2 atom stereocenters. The zero-order valence-corrected chi connectivity index (χ0v) is 13.1. The first kappa shape index (κ1) is 15.1. The molecule has 22 heavy (non-hydrogen) atoms. The van der Waals surface area contributed by atoms with Gasteiger partial charge >= 0.3 is 6.03 Å². The number of sulfonamides is 1. The Kier molecular flexibility index (Phi) is 3.96. The lowest BCUT2D eigenvalue weighted by Crippen LogP contribution is -2.43. The largest absolute Gasteiger partial charge is 0.485 e. The summed E-state index contributed by atoms with van der Waals surface area (Å²) in [6.45, 7) is 3.23. The molecule has 0 aliphatic carbocycles. The van der Waals surface area contributed by atoms with Crippen LogP contribution in [0, 0.1) is 0 Å². The average molecular weight is 325 g/mol. The summed E-state index contributed by atoms with van der Waals surface area (Å²) in [5.74, 6) is 0.332.